The van der Waals surface area contributed by atoms with E-state index in [0.717, 1.165) is 17.3 Å². The van der Waals surface area contributed by atoms with Crippen LogP contribution in [-0.2, 0) is 4.79 Å². The van der Waals surface area contributed by atoms with E-state index in [1.807, 2.05) is 13.0 Å². The van der Waals surface area contributed by atoms with Gasteiger partial charge in [-0.3, -0.25) is 4.79 Å². The first-order chi connectivity index (χ1) is 10.1. The molecule has 0 spiro atoms. The van der Waals surface area contributed by atoms with Crippen LogP contribution in [0.15, 0.2) is 18.2 Å². The van der Waals surface area contributed by atoms with E-state index in [1.54, 1.807) is 0 Å². The molecule has 116 valence electrons. The second-order valence-electron chi connectivity index (χ2n) is 6.20. The number of aryl methyl sites for hydroxylation is 1. The van der Waals surface area contributed by atoms with Crippen molar-refractivity contribution in [2.75, 3.05) is 10.6 Å². The fourth-order valence-electron chi connectivity index (χ4n) is 3.04. The summed E-state index contributed by atoms with van der Waals surface area (Å²) in [6.07, 6.45) is 6.99. The Morgan fingerprint density at radius 2 is 1.90 bits per heavy atom. The van der Waals surface area contributed by atoms with Crippen LogP contribution in [0.3, 0.4) is 0 Å². The standard InChI is InChI=1S/C18H28N2O/c1-4-14-7-10-15(11-8-14)19-17-12-16(9-6-13(17)3)20-18(21)5-2/h6,9,12,14-15,19H,4-5,7-8,10-11H2,1-3H3,(H,20,21). The van der Waals surface area contributed by atoms with Crippen LogP contribution in [0.5, 0.6) is 0 Å². The number of amides is 1. The molecule has 0 unspecified atom stereocenters. The first-order valence-electron chi connectivity index (χ1n) is 8.29. The molecule has 3 nitrogen and oxygen atoms in total. The lowest BCUT2D eigenvalue weighted by Crippen LogP contribution is -2.26. The fraction of sp³-hybridized carbons (Fsp3) is 0.611. The molecule has 1 aliphatic rings. The predicted octanol–water partition coefficient (Wildman–Crippen LogP) is 4.72. The van der Waals surface area contributed by atoms with Gasteiger partial charge in [0.2, 0.25) is 5.91 Å². The summed E-state index contributed by atoms with van der Waals surface area (Å²) in [7, 11) is 0. The largest absolute Gasteiger partial charge is 0.382 e. The summed E-state index contributed by atoms with van der Waals surface area (Å²) in [4.78, 5) is 11.5. The van der Waals surface area contributed by atoms with Crippen molar-refractivity contribution in [1.29, 1.82) is 0 Å². The second kappa shape index (κ2) is 7.48. The Morgan fingerprint density at radius 1 is 1.19 bits per heavy atom. The van der Waals surface area contributed by atoms with E-state index in [0.29, 0.717) is 12.5 Å². The number of rotatable bonds is 5. The highest BCUT2D eigenvalue weighted by molar-refractivity contribution is 5.91. The maximum absolute atomic E-state index is 11.5. The number of carbonyl (C=O) groups excluding carboxylic acids is 1. The molecule has 0 bridgehead atoms. The SMILES string of the molecule is CCC(=O)Nc1ccc(C)c(NC2CCC(CC)CC2)c1. The van der Waals surface area contributed by atoms with Crippen LogP contribution in [0.1, 0.15) is 57.9 Å². The molecule has 0 heterocycles. The second-order valence-corrected chi connectivity index (χ2v) is 6.20. The Labute approximate surface area is 128 Å². The van der Waals surface area contributed by atoms with Gasteiger partial charge < -0.3 is 10.6 Å². The normalized spacial score (nSPS) is 21.9. The Bertz CT molecular complexity index is 476. The average Bonchev–Trinajstić information content (AvgIpc) is 2.51. The molecule has 1 saturated carbocycles. The number of hydrogen-bond donors (Lipinski definition) is 2. The monoisotopic (exact) mass is 288 g/mol. The summed E-state index contributed by atoms with van der Waals surface area (Å²) in [6, 6.07) is 6.69. The zero-order chi connectivity index (χ0) is 15.2. The van der Waals surface area contributed by atoms with Gasteiger partial charge in [-0.15, -0.1) is 0 Å². The van der Waals surface area contributed by atoms with Crippen LogP contribution in [0.4, 0.5) is 11.4 Å². The van der Waals surface area contributed by atoms with E-state index in [4.69, 9.17) is 0 Å². The summed E-state index contributed by atoms with van der Waals surface area (Å²) < 4.78 is 0. The van der Waals surface area contributed by atoms with E-state index < -0.39 is 0 Å². The minimum absolute atomic E-state index is 0.0632. The van der Waals surface area contributed by atoms with E-state index in [-0.39, 0.29) is 5.91 Å². The van der Waals surface area contributed by atoms with Gasteiger partial charge in [-0.25, -0.2) is 0 Å². The Balaban J connectivity index is 1.99. The molecule has 1 aromatic rings. The maximum Gasteiger partial charge on any atom is 0.224 e. The molecule has 2 rings (SSSR count). The van der Waals surface area contributed by atoms with Gasteiger partial charge in [-0.1, -0.05) is 26.3 Å². The van der Waals surface area contributed by atoms with Crippen LogP contribution < -0.4 is 10.6 Å². The first-order valence-corrected chi connectivity index (χ1v) is 8.29. The zero-order valence-electron chi connectivity index (χ0n) is 13.5. The summed E-state index contributed by atoms with van der Waals surface area (Å²) >= 11 is 0. The summed E-state index contributed by atoms with van der Waals surface area (Å²) in [5.41, 5.74) is 3.28. The molecule has 0 aromatic heterocycles. The molecule has 3 heteroatoms. The van der Waals surface area contributed by atoms with Gasteiger partial charge in [0.25, 0.3) is 0 Å². The zero-order valence-corrected chi connectivity index (χ0v) is 13.5. The highest BCUT2D eigenvalue weighted by Gasteiger charge is 2.20. The minimum Gasteiger partial charge on any atom is -0.382 e. The van der Waals surface area contributed by atoms with Gasteiger partial charge in [0.05, 0.1) is 0 Å². The Hall–Kier alpha value is -1.51. The quantitative estimate of drug-likeness (QED) is 0.822. The van der Waals surface area contributed by atoms with E-state index in [1.165, 1.54) is 37.7 Å². The summed E-state index contributed by atoms with van der Waals surface area (Å²) in [5.74, 6) is 0.979. The van der Waals surface area contributed by atoms with Crippen LogP contribution in [0, 0.1) is 12.8 Å². The average molecular weight is 288 g/mol. The smallest absolute Gasteiger partial charge is 0.224 e. The molecule has 0 radical (unpaired) electrons. The lowest BCUT2D eigenvalue weighted by atomic mass is 9.84. The van der Waals surface area contributed by atoms with Crippen molar-refractivity contribution in [3.05, 3.63) is 23.8 Å². The molecule has 1 aromatic carbocycles. The Kier molecular flexibility index (Phi) is 5.66. The van der Waals surface area contributed by atoms with Gasteiger partial charge in [0.1, 0.15) is 0 Å². The molecule has 0 atom stereocenters. The molecule has 1 fully saturated rings. The van der Waals surface area contributed by atoms with Crippen LogP contribution in [-0.4, -0.2) is 11.9 Å². The number of nitrogens with one attached hydrogen (secondary N) is 2. The van der Waals surface area contributed by atoms with Crippen molar-refractivity contribution in [3.63, 3.8) is 0 Å². The highest BCUT2D eigenvalue weighted by Crippen LogP contribution is 2.30. The molecule has 0 saturated heterocycles. The lowest BCUT2D eigenvalue weighted by molar-refractivity contribution is -0.115. The van der Waals surface area contributed by atoms with Crippen molar-refractivity contribution in [2.45, 2.75) is 65.3 Å². The van der Waals surface area contributed by atoms with Gasteiger partial charge >= 0.3 is 0 Å². The highest BCUT2D eigenvalue weighted by atomic mass is 16.1. The number of hydrogen-bond acceptors (Lipinski definition) is 2. The Morgan fingerprint density at radius 3 is 2.52 bits per heavy atom. The van der Waals surface area contributed by atoms with Crippen LogP contribution in [0.2, 0.25) is 0 Å². The third kappa shape index (κ3) is 4.48. The van der Waals surface area contributed by atoms with Crippen molar-refractivity contribution >= 4 is 17.3 Å². The predicted molar refractivity (Wildman–Crippen MR) is 89.8 cm³/mol. The third-order valence-electron chi connectivity index (χ3n) is 4.63. The van der Waals surface area contributed by atoms with Crippen LogP contribution in [0.25, 0.3) is 0 Å². The lowest BCUT2D eigenvalue weighted by Gasteiger charge is -2.29. The third-order valence-corrected chi connectivity index (χ3v) is 4.63. The van der Waals surface area contributed by atoms with E-state index in [9.17, 15) is 4.79 Å². The van der Waals surface area contributed by atoms with Gasteiger partial charge in [0.15, 0.2) is 0 Å². The van der Waals surface area contributed by atoms with E-state index >= 15 is 0 Å². The number of benzene rings is 1. The molecular weight excluding hydrogens is 260 g/mol. The van der Waals surface area contributed by atoms with Crippen LogP contribution >= 0.6 is 0 Å². The fourth-order valence-corrected chi connectivity index (χ4v) is 3.04. The first kappa shape index (κ1) is 15.9. The minimum atomic E-state index is 0.0632. The topological polar surface area (TPSA) is 41.1 Å². The van der Waals surface area contributed by atoms with Crippen molar-refractivity contribution in [2.24, 2.45) is 5.92 Å². The van der Waals surface area contributed by atoms with Gasteiger partial charge in [0, 0.05) is 23.8 Å². The van der Waals surface area contributed by atoms with Gasteiger partial charge in [-0.2, -0.15) is 0 Å². The molecular formula is C18H28N2O. The molecule has 0 aliphatic heterocycles. The molecule has 2 N–H and O–H groups in total. The molecule has 21 heavy (non-hydrogen) atoms. The number of anilines is 2. The summed E-state index contributed by atoms with van der Waals surface area (Å²) in [6.45, 7) is 6.28. The van der Waals surface area contributed by atoms with Crippen molar-refractivity contribution in [1.82, 2.24) is 0 Å². The van der Waals surface area contributed by atoms with Crippen molar-refractivity contribution < 1.29 is 4.79 Å². The summed E-state index contributed by atoms with van der Waals surface area (Å²) in [5, 5.41) is 6.61. The molecule has 1 aliphatic carbocycles. The maximum atomic E-state index is 11.5. The van der Waals surface area contributed by atoms with E-state index in [2.05, 4.69) is 36.6 Å². The van der Waals surface area contributed by atoms with Crippen molar-refractivity contribution in [3.8, 4) is 0 Å². The molecule has 1 amide bonds. The van der Waals surface area contributed by atoms with Gasteiger partial charge in [-0.05, 0) is 56.2 Å². The number of carbonyl (C=O) groups is 1.